The molecular formula is C26H29N3O3S. The molecule has 1 aliphatic rings. The molecule has 1 N–H and O–H groups in total. The van der Waals surface area contributed by atoms with Crippen LogP contribution in [0, 0.1) is 5.92 Å². The van der Waals surface area contributed by atoms with E-state index in [0.717, 1.165) is 23.3 Å². The summed E-state index contributed by atoms with van der Waals surface area (Å²) in [4.78, 5) is 31.2. The molecule has 2 aromatic carbocycles. The minimum atomic E-state index is -0.282. The molecule has 4 rings (SSSR count). The third kappa shape index (κ3) is 6.58. The van der Waals surface area contributed by atoms with Gasteiger partial charge in [-0.2, -0.15) is 0 Å². The van der Waals surface area contributed by atoms with Crippen LogP contribution in [0.1, 0.15) is 23.3 Å². The number of hydrogen-bond donors (Lipinski definition) is 1. The summed E-state index contributed by atoms with van der Waals surface area (Å²) < 4.78 is 5.36. The van der Waals surface area contributed by atoms with Crippen molar-refractivity contribution in [1.29, 1.82) is 0 Å². The summed E-state index contributed by atoms with van der Waals surface area (Å²) in [7, 11) is 1.57. The summed E-state index contributed by atoms with van der Waals surface area (Å²) in [5, 5.41) is 4.94. The van der Waals surface area contributed by atoms with Gasteiger partial charge in [0.1, 0.15) is 12.3 Å². The Morgan fingerprint density at radius 2 is 1.73 bits per heavy atom. The summed E-state index contributed by atoms with van der Waals surface area (Å²) in [6.07, 6.45) is 2.19. The SMILES string of the molecule is COc1ccccc1NC(=O)N(CC(=O)N(Cc1ccccc1)Cc1cccs1)CC1CC1. The van der Waals surface area contributed by atoms with E-state index in [0.29, 0.717) is 37.0 Å². The van der Waals surface area contributed by atoms with E-state index in [9.17, 15) is 9.59 Å². The Morgan fingerprint density at radius 1 is 0.970 bits per heavy atom. The Kier molecular flexibility index (Phi) is 7.62. The zero-order chi connectivity index (χ0) is 23.0. The third-order valence-corrected chi connectivity index (χ3v) is 6.49. The summed E-state index contributed by atoms with van der Waals surface area (Å²) in [5.74, 6) is 0.983. The number of urea groups is 1. The number of para-hydroxylation sites is 2. The Hall–Kier alpha value is -3.32. The van der Waals surface area contributed by atoms with E-state index < -0.39 is 0 Å². The molecule has 1 aromatic heterocycles. The maximum Gasteiger partial charge on any atom is 0.322 e. The maximum atomic E-state index is 13.5. The average Bonchev–Trinajstić information content (AvgIpc) is 3.51. The number of nitrogens with zero attached hydrogens (tertiary/aromatic N) is 2. The van der Waals surface area contributed by atoms with Crippen molar-refractivity contribution in [2.75, 3.05) is 25.5 Å². The second-order valence-electron chi connectivity index (χ2n) is 8.27. The van der Waals surface area contributed by atoms with Crippen LogP contribution < -0.4 is 10.1 Å². The van der Waals surface area contributed by atoms with E-state index in [-0.39, 0.29) is 18.5 Å². The van der Waals surface area contributed by atoms with Gasteiger partial charge in [-0.25, -0.2) is 4.79 Å². The summed E-state index contributed by atoms with van der Waals surface area (Å²) in [6.45, 7) is 1.64. The fraction of sp³-hybridized carbons (Fsp3) is 0.308. The highest BCUT2D eigenvalue weighted by atomic mass is 32.1. The van der Waals surface area contributed by atoms with Crippen LogP contribution in [0.5, 0.6) is 5.75 Å². The van der Waals surface area contributed by atoms with Gasteiger partial charge in [0.05, 0.1) is 19.3 Å². The minimum absolute atomic E-state index is 0.0374. The monoisotopic (exact) mass is 463 g/mol. The second-order valence-corrected chi connectivity index (χ2v) is 9.30. The smallest absolute Gasteiger partial charge is 0.322 e. The van der Waals surface area contributed by atoms with Gasteiger partial charge in [-0.15, -0.1) is 11.3 Å². The first-order valence-corrected chi connectivity index (χ1v) is 12.0. The number of ether oxygens (including phenoxy) is 1. The quantitative estimate of drug-likeness (QED) is 0.448. The van der Waals surface area contributed by atoms with Gasteiger partial charge < -0.3 is 19.9 Å². The largest absolute Gasteiger partial charge is 0.495 e. The molecule has 0 spiro atoms. The Balaban J connectivity index is 1.49. The zero-order valence-electron chi connectivity index (χ0n) is 18.8. The van der Waals surface area contributed by atoms with Crippen molar-refractivity contribution in [3.63, 3.8) is 0 Å². The number of anilines is 1. The molecule has 0 saturated heterocycles. The number of nitrogens with one attached hydrogen (secondary N) is 1. The van der Waals surface area contributed by atoms with Crippen LogP contribution in [0.15, 0.2) is 72.1 Å². The highest BCUT2D eigenvalue weighted by molar-refractivity contribution is 7.09. The zero-order valence-corrected chi connectivity index (χ0v) is 19.6. The van der Waals surface area contributed by atoms with Crippen molar-refractivity contribution in [1.82, 2.24) is 9.80 Å². The number of rotatable bonds is 10. The molecule has 3 aromatic rings. The molecule has 0 radical (unpaired) electrons. The van der Waals surface area contributed by atoms with Crippen molar-refractivity contribution < 1.29 is 14.3 Å². The van der Waals surface area contributed by atoms with Gasteiger partial charge in [0, 0.05) is 18.0 Å². The lowest BCUT2D eigenvalue weighted by atomic mass is 10.2. The van der Waals surface area contributed by atoms with Crippen LogP contribution >= 0.6 is 11.3 Å². The van der Waals surface area contributed by atoms with Gasteiger partial charge in [0.2, 0.25) is 5.91 Å². The van der Waals surface area contributed by atoms with Crippen LogP contribution in [0.2, 0.25) is 0 Å². The molecule has 3 amide bonds. The number of benzene rings is 2. The highest BCUT2D eigenvalue weighted by Crippen LogP contribution is 2.30. The molecule has 0 aliphatic heterocycles. The molecule has 0 bridgehead atoms. The molecule has 0 atom stereocenters. The molecule has 6 nitrogen and oxygen atoms in total. The minimum Gasteiger partial charge on any atom is -0.495 e. The molecule has 0 unspecified atom stereocenters. The van der Waals surface area contributed by atoms with Crippen LogP contribution in [0.4, 0.5) is 10.5 Å². The van der Waals surface area contributed by atoms with Crippen molar-refractivity contribution in [2.45, 2.75) is 25.9 Å². The molecule has 1 fully saturated rings. The van der Waals surface area contributed by atoms with Crippen LogP contribution in [-0.2, 0) is 17.9 Å². The van der Waals surface area contributed by atoms with Crippen molar-refractivity contribution in [3.05, 3.63) is 82.6 Å². The van der Waals surface area contributed by atoms with E-state index in [2.05, 4.69) is 5.32 Å². The van der Waals surface area contributed by atoms with Gasteiger partial charge >= 0.3 is 6.03 Å². The maximum absolute atomic E-state index is 13.5. The first kappa shape index (κ1) is 22.9. The Labute approximate surface area is 198 Å². The van der Waals surface area contributed by atoms with Gasteiger partial charge in [0.25, 0.3) is 0 Å². The fourth-order valence-corrected chi connectivity index (χ4v) is 4.38. The number of amides is 3. The van der Waals surface area contributed by atoms with Crippen LogP contribution in [-0.4, -0.2) is 41.9 Å². The summed E-state index contributed by atoms with van der Waals surface area (Å²) in [6, 6.07) is 21.0. The lowest BCUT2D eigenvalue weighted by Crippen LogP contribution is -2.45. The highest BCUT2D eigenvalue weighted by Gasteiger charge is 2.29. The van der Waals surface area contributed by atoms with Crippen LogP contribution in [0.3, 0.4) is 0 Å². The molecule has 1 heterocycles. The summed E-state index contributed by atoms with van der Waals surface area (Å²) in [5.41, 5.74) is 1.66. The topological polar surface area (TPSA) is 61.9 Å². The molecule has 1 aliphatic carbocycles. The van der Waals surface area contributed by atoms with E-state index in [1.807, 2.05) is 64.9 Å². The lowest BCUT2D eigenvalue weighted by molar-refractivity contribution is -0.133. The van der Waals surface area contributed by atoms with E-state index >= 15 is 0 Å². The van der Waals surface area contributed by atoms with Crippen molar-refractivity contribution in [3.8, 4) is 5.75 Å². The number of thiophene rings is 1. The van der Waals surface area contributed by atoms with Gasteiger partial charge in [0.15, 0.2) is 0 Å². The van der Waals surface area contributed by atoms with Gasteiger partial charge in [-0.3, -0.25) is 4.79 Å². The number of carbonyl (C=O) groups excluding carboxylic acids is 2. The first-order valence-electron chi connectivity index (χ1n) is 11.2. The molecule has 33 heavy (non-hydrogen) atoms. The third-order valence-electron chi connectivity index (χ3n) is 5.63. The number of methoxy groups -OCH3 is 1. The Bertz CT molecular complexity index is 1050. The Morgan fingerprint density at radius 3 is 2.42 bits per heavy atom. The fourth-order valence-electron chi connectivity index (χ4n) is 3.66. The molecule has 172 valence electrons. The number of carbonyl (C=O) groups is 2. The van der Waals surface area contributed by atoms with Crippen LogP contribution in [0.25, 0.3) is 0 Å². The second kappa shape index (κ2) is 11.0. The number of hydrogen-bond acceptors (Lipinski definition) is 4. The predicted molar refractivity (Wildman–Crippen MR) is 131 cm³/mol. The first-order chi connectivity index (χ1) is 16.1. The van der Waals surface area contributed by atoms with Crippen molar-refractivity contribution >= 4 is 29.0 Å². The predicted octanol–water partition coefficient (Wildman–Crippen LogP) is 5.23. The van der Waals surface area contributed by atoms with E-state index in [4.69, 9.17) is 4.74 Å². The van der Waals surface area contributed by atoms with Crippen molar-refractivity contribution in [2.24, 2.45) is 5.92 Å². The van der Waals surface area contributed by atoms with E-state index in [1.165, 1.54) is 0 Å². The lowest BCUT2D eigenvalue weighted by Gasteiger charge is -2.28. The standard InChI is InChI=1S/C26H29N3O3S/c1-32-24-12-6-5-11-23(24)27-26(31)29(17-21-13-14-21)19-25(30)28(18-22-10-7-15-33-22)16-20-8-3-2-4-9-20/h2-12,15,21H,13-14,16-19H2,1H3,(H,27,31). The molecule has 7 heteroatoms. The van der Waals surface area contributed by atoms with Gasteiger partial charge in [-0.05, 0) is 47.9 Å². The van der Waals surface area contributed by atoms with Gasteiger partial charge in [-0.1, -0.05) is 48.5 Å². The molecule has 1 saturated carbocycles. The average molecular weight is 464 g/mol. The van der Waals surface area contributed by atoms with E-state index in [1.54, 1.807) is 35.5 Å². The molecular weight excluding hydrogens is 434 g/mol. The summed E-state index contributed by atoms with van der Waals surface area (Å²) >= 11 is 1.63. The normalized spacial score (nSPS) is 12.8.